The van der Waals surface area contributed by atoms with E-state index in [0.29, 0.717) is 0 Å². The fourth-order valence-electron chi connectivity index (χ4n) is 1.15. The minimum atomic E-state index is -0.906. The molecule has 0 aliphatic carbocycles. The van der Waals surface area contributed by atoms with Gasteiger partial charge in [0.1, 0.15) is 0 Å². The third kappa shape index (κ3) is 6.90. The summed E-state index contributed by atoms with van der Waals surface area (Å²) in [6.45, 7) is 4.96. The van der Waals surface area contributed by atoms with Gasteiger partial charge in [-0.15, -0.1) is 0 Å². The van der Waals surface area contributed by atoms with Gasteiger partial charge in [0.15, 0.2) is 0 Å². The summed E-state index contributed by atoms with van der Waals surface area (Å²) in [4.78, 5) is 21.8. The van der Waals surface area contributed by atoms with Crippen LogP contribution >= 0.6 is 0 Å². The van der Waals surface area contributed by atoms with Crippen LogP contribution in [-0.2, 0) is 9.59 Å². The zero-order valence-corrected chi connectivity index (χ0v) is 9.41. The van der Waals surface area contributed by atoms with E-state index >= 15 is 0 Å². The van der Waals surface area contributed by atoms with E-state index in [0.717, 1.165) is 0 Å². The highest BCUT2D eigenvalue weighted by atomic mass is 16.4. The first-order valence-electron chi connectivity index (χ1n) is 4.90. The molecule has 0 aliphatic heterocycles. The van der Waals surface area contributed by atoms with E-state index in [1.165, 1.54) is 0 Å². The van der Waals surface area contributed by atoms with Crippen LogP contribution in [0.15, 0.2) is 0 Å². The highest BCUT2D eigenvalue weighted by molar-refractivity contribution is 5.77. The SMILES string of the molecule is CC(CC(=O)O)CC(=O)NC(C)(C)CO. The van der Waals surface area contributed by atoms with Gasteiger partial charge in [0, 0.05) is 12.8 Å². The Labute approximate surface area is 89.5 Å². The van der Waals surface area contributed by atoms with Crippen molar-refractivity contribution in [2.75, 3.05) is 6.61 Å². The number of carboxylic acid groups (broad SMARTS) is 1. The van der Waals surface area contributed by atoms with Crippen molar-refractivity contribution in [1.82, 2.24) is 5.32 Å². The van der Waals surface area contributed by atoms with Crippen LogP contribution < -0.4 is 5.32 Å². The molecule has 0 aromatic heterocycles. The number of carbonyl (C=O) groups is 2. The number of amides is 1. The van der Waals surface area contributed by atoms with Gasteiger partial charge in [-0.3, -0.25) is 9.59 Å². The first kappa shape index (κ1) is 13.9. The summed E-state index contributed by atoms with van der Waals surface area (Å²) in [5.41, 5.74) is -0.653. The molecule has 1 unspecified atom stereocenters. The fourth-order valence-corrected chi connectivity index (χ4v) is 1.15. The van der Waals surface area contributed by atoms with Crippen molar-refractivity contribution in [1.29, 1.82) is 0 Å². The van der Waals surface area contributed by atoms with Crippen molar-refractivity contribution in [3.05, 3.63) is 0 Å². The van der Waals surface area contributed by atoms with E-state index in [1.807, 2.05) is 0 Å². The first-order valence-corrected chi connectivity index (χ1v) is 4.90. The summed E-state index contributed by atoms with van der Waals surface area (Å²) in [6, 6.07) is 0. The number of aliphatic hydroxyl groups is 1. The second-order valence-electron chi connectivity index (χ2n) is 4.50. The zero-order valence-electron chi connectivity index (χ0n) is 9.41. The normalized spacial score (nSPS) is 13.3. The van der Waals surface area contributed by atoms with Gasteiger partial charge in [-0.2, -0.15) is 0 Å². The lowest BCUT2D eigenvalue weighted by atomic mass is 10.0. The summed E-state index contributed by atoms with van der Waals surface area (Å²) in [7, 11) is 0. The molecule has 5 heteroatoms. The molecular formula is C10H19NO4. The number of carbonyl (C=O) groups excluding carboxylic acids is 1. The van der Waals surface area contributed by atoms with E-state index in [2.05, 4.69) is 5.32 Å². The fraction of sp³-hybridized carbons (Fsp3) is 0.800. The number of hydrogen-bond acceptors (Lipinski definition) is 3. The monoisotopic (exact) mass is 217 g/mol. The van der Waals surface area contributed by atoms with Crippen molar-refractivity contribution in [2.24, 2.45) is 5.92 Å². The maximum absolute atomic E-state index is 11.4. The average Bonchev–Trinajstić information content (AvgIpc) is 2.00. The predicted molar refractivity (Wildman–Crippen MR) is 55.3 cm³/mol. The molecule has 0 rings (SSSR count). The standard InChI is InChI=1S/C10H19NO4/c1-7(5-9(14)15)4-8(13)11-10(2,3)6-12/h7,12H,4-6H2,1-3H3,(H,11,13)(H,14,15). The topological polar surface area (TPSA) is 86.6 Å². The molecule has 0 aromatic rings. The van der Waals surface area contributed by atoms with Gasteiger partial charge < -0.3 is 15.5 Å². The minimum Gasteiger partial charge on any atom is -0.481 e. The van der Waals surface area contributed by atoms with Crippen molar-refractivity contribution in [3.63, 3.8) is 0 Å². The number of carboxylic acids is 1. The van der Waals surface area contributed by atoms with Crippen LogP contribution in [0.25, 0.3) is 0 Å². The molecule has 0 fully saturated rings. The van der Waals surface area contributed by atoms with E-state index in [4.69, 9.17) is 10.2 Å². The van der Waals surface area contributed by atoms with Crippen LogP contribution in [-0.4, -0.2) is 34.2 Å². The van der Waals surface area contributed by atoms with Crippen molar-refractivity contribution in [3.8, 4) is 0 Å². The molecular weight excluding hydrogens is 198 g/mol. The molecule has 1 atom stereocenters. The lowest BCUT2D eigenvalue weighted by molar-refractivity contribution is -0.138. The minimum absolute atomic E-state index is 0.0209. The molecule has 15 heavy (non-hydrogen) atoms. The second kappa shape index (κ2) is 5.70. The number of aliphatic hydroxyl groups excluding tert-OH is 1. The van der Waals surface area contributed by atoms with E-state index < -0.39 is 11.5 Å². The summed E-state index contributed by atoms with van der Waals surface area (Å²) >= 11 is 0. The maximum atomic E-state index is 11.4. The van der Waals surface area contributed by atoms with E-state index in [-0.39, 0.29) is 31.3 Å². The molecule has 1 amide bonds. The van der Waals surface area contributed by atoms with Gasteiger partial charge in [-0.1, -0.05) is 6.92 Å². The Bertz CT molecular complexity index is 238. The smallest absolute Gasteiger partial charge is 0.303 e. The summed E-state index contributed by atoms with van der Waals surface area (Å²) in [5.74, 6) is -1.34. The molecule has 0 aromatic carbocycles. The van der Waals surface area contributed by atoms with Crippen LogP contribution in [0.1, 0.15) is 33.6 Å². The average molecular weight is 217 g/mol. The summed E-state index contributed by atoms with van der Waals surface area (Å²) < 4.78 is 0. The quantitative estimate of drug-likeness (QED) is 0.600. The van der Waals surface area contributed by atoms with Gasteiger partial charge >= 0.3 is 5.97 Å². The van der Waals surface area contributed by atoms with Crippen molar-refractivity contribution >= 4 is 11.9 Å². The van der Waals surface area contributed by atoms with Gasteiger partial charge in [0.25, 0.3) is 0 Å². The Morgan fingerprint density at radius 2 is 1.87 bits per heavy atom. The molecule has 0 heterocycles. The predicted octanol–water partition coefficient (Wildman–Crippen LogP) is 0.374. The summed E-state index contributed by atoms with van der Waals surface area (Å²) in [6.07, 6.45) is 0.142. The van der Waals surface area contributed by atoms with Gasteiger partial charge in [-0.05, 0) is 19.8 Å². The molecule has 0 saturated carbocycles. The molecule has 3 N–H and O–H groups in total. The van der Waals surface area contributed by atoms with Crippen molar-refractivity contribution < 1.29 is 19.8 Å². The number of rotatable bonds is 6. The maximum Gasteiger partial charge on any atom is 0.303 e. The molecule has 5 nitrogen and oxygen atoms in total. The molecule has 0 bridgehead atoms. The van der Waals surface area contributed by atoms with Crippen molar-refractivity contribution in [2.45, 2.75) is 39.2 Å². The Balaban J connectivity index is 3.98. The zero-order chi connectivity index (χ0) is 12.1. The number of aliphatic carboxylic acids is 1. The largest absolute Gasteiger partial charge is 0.481 e. The van der Waals surface area contributed by atoms with Crippen LogP contribution in [0.3, 0.4) is 0 Å². The second-order valence-corrected chi connectivity index (χ2v) is 4.50. The molecule has 0 saturated heterocycles. The molecule has 0 spiro atoms. The van der Waals surface area contributed by atoms with E-state index in [9.17, 15) is 9.59 Å². The highest BCUT2D eigenvalue weighted by Gasteiger charge is 2.20. The number of nitrogens with one attached hydrogen (secondary N) is 1. The highest BCUT2D eigenvalue weighted by Crippen LogP contribution is 2.09. The Morgan fingerprint density at radius 3 is 2.27 bits per heavy atom. The molecule has 0 radical (unpaired) electrons. The van der Waals surface area contributed by atoms with Crippen LogP contribution in [0.4, 0.5) is 0 Å². The third-order valence-electron chi connectivity index (χ3n) is 1.93. The lowest BCUT2D eigenvalue weighted by Gasteiger charge is -2.24. The molecule has 88 valence electrons. The third-order valence-corrected chi connectivity index (χ3v) is 1.93. The first-order chi connectivity index (χ1) is 6.76. The van der Waals surface area contributed by atoms with Gasteiger partial charge in [0.05, 0.1) is 12.1 Å². The Kier molecular flexibility index (Phi) is 5.28. The molecule has 0 aliphatic rings. The Morgan fingerprint density at radius 1 is 1.33 bits per heavy atom. The van der Waals surface area contributed by atoms with Gasteiger partial charge in [-0.25, -0.2) is 0 Å². The lowest BCUT2D eigenvalue weighted by Crippen LogP contribution is -2.46. The Hall–Kier alpha value is -1.10. The van der Waals surface area contributed by atoms with Crippen LogP contribution in [0.5, 0.6) is 0 Å². The van der Waals surface area contributed by atoms with Crippen LogP contribution in [0.2, 0.25) is 0 Å². The number of hydrogen-bond donors (Lipinski definition) is 3. The summed E-state index contributed by atoms with van der Waals surface area (Å²) in [5, 5.41) is 20.0. The van der Waals surface area contributed by atoms with Crippen LogP contribution in [0, 0.1) is 5.92 Å². The van der Waals surface area contributed by atoms with Gasteiger partial charge in [0.2, 0.25) is 5.91 Å². The van der Waals surface area contributed by atoms with E-state index in [1.54, 1.807) is 20.8 Å².